The molecule has 1 saturated heterocycles. The first-order valence-electron chi connectivity index (χ1n) is 9.98. The maximum absolute atomic E-state index is 11.9. The number of rotatable bonds is 4. The van der Waals surface area contributed by atoms with Gasteiger partial charge in [-0.2, -0.15) is 0 Å². The van der Waals surface area contributed by atoms with Crippen molar-refractivity contribution >= 4 is 11.9 Å². The summed E-state index contributed by atoms with van der Waals surface area (Å²) in [4.78, 5) is 18.1. The van der Waals surface area contributed by atoms with Crippen molar-refractivity contribution in [2.75, 3.05) is 27.2 Å². The first-order valence-corrected chi connectivity index (χ1v) is 9.98. The average molecular weight is 351 g/mol. The summed E-state index contributed by atoms with van der Waals surface area (Å²) in [7, 11) is 3.55. The van der Waals surface area contributed by atoms with Crippen LogP contribution in [0.2, 0.25) is 0 Å². The highest BCUT2D eigenvalue weighted by Crippen LogP contribution is 2.39. The number of hydrogen-bond donors (Lipinski definition) is 2. The molecule has 25 heavy (non-hydrogen) atoms. The molecule has 0 radical (unpaired) electrons. The maximum Gasteiger partial charge on any atom is 0.243 e. The first kappa shape index (κ1) is 18.5. The molecule has 1 atom stereocenters. The smallest absolute Gasteiger partial charge is 0.243 e. The van der Waals surface area contributed by atoms with Crippen molar-refractivity contribution in [3.8, 4) is 0 Å². The fraction of sp³-hybridized carbons (Fsp3) is 0.895. The van der Waals surface area contributed by atoms with Crippen LogP contribution in [-0.4, -0.2) is 61.7 Å². The highest BCUT2D eigenvalue weighted by atomic mass is 16.5. The monoisotopic (exact) mass is 350 g/mol. The van der Waals surface area contributed by atoms with Crippen LogP contribution in [0.3, 0.4) is 0 Å². The van der Waals surface area contributed by atoms with E-state index in [9.17, 15) is 4.79 Å². The van der Waals surface area contributed by atoms with Crippen molar-refractivity contribution in [3.63, 3.8) is 0 Å². The van der Waals surface area contributed by atoms with E-state index in [4.69, 9.17) is 4.74 Å². The highest BCUT2D eigenvalue weighted by molar-refractivity contribution is 5.85. The van der Waals surface area contributed by atoms with Crippen LogP contribution < -0.4 is 10.6 Å². The minimum absolute atomic E-state index is 0.0340. The van der Waals surface area contributed by atoms with Gasteiger partial charge in [0.1, 0.15) is 6.54 Å². The molecule has 3 aliphatic rings. The molecule has 0 aromatic carbocycles. The molecular formula is C19H34N4O2. The Morgan fingerprint density at radius 2 is 1.76 bits per heavy atom. The van der Waals surface area contributed by atoms with E-state index in [0.29, 0.717) is 12.1 Å². The second-order valence-corrected chi connectivity index (χ2v) is 8.15. The molecule has 142 valence electrons. The molecule has 0 aromatic rings. The van der Waals surface area contributed by atoms with Crippen LogP contribution in [-0.2, 0) is 9.53 Å². The van der Waals surface area contributed by atoms with E-state index in [1.165, 1.54) is 51.4 Å². The van der Waals surface area contributed by atoms with E-state index in [-0.39, 0.29) is 18.1 Å². The molecule has 1 unspecified atom stereocenters. The summed E-state index contributed by atoms with van der Waals surface area (Å²) in [5.74, 6) is 0.842. The van der Waals surface area contributed by atoms with Crippen molar-refractivity contribution in [3.05, 3.63) is 0 Å². The van der Waals surface area contributed by atoms with Gasteiger partial charge in [0.05, 0.1) is 5.60 Å². The number of guanidine groups is 1. The fourth-order valence-corrected chi connectivity index (χ4v) is 4.40. The van der Waals surface area contributed by atoms with Crippen LogP contribution in [0.5, 0.6) is 0 Å². The molecule has 1 amide bonds. The standard InChI is InChI=1S/C19H34N4O2/c1-23(2)17(24)14-20-18(21-15-7-3-4-8-15)22-16-9-12-25-19(13-16)10-5-6-11-19/h15-16H,3-14H2,1-2H3,(H2,20,21,22). The minimum atomic E-state index is 0.0340. The topological polar surface area (TPSA) is 66.0 Å². The number of carbonyl (C=O) groups excluding carboxylic acids is 1. The van der Waals surface area contributed by atoms with Gasteiger partial charge in [0, 0.05) is 32.8 Å². The van der Waals surface area contributed by atoms with Crippen molar-refractivity contribution in [2.45, 2.75) is 81.9 Å². The van der Waals surface area contributed by atoms with E-state index in [1.807, 2.05) is 0 Å². The third kappa shape index (κ3) is 5.09. The van der Waals surface area contributed by atoms with Crippen molar-refractivity contribution < 1.29 is 9.53 Å². The molecule has 2 aliphatic carbocycles. The summed E-state index contributed by atoms with van der Waals surface area (Å²) in [6, 6.07) is 0.870. The van der Waals surface area contributed by atoms with E-state index >= 15 is 0 Å². The number of likely N-dealkylation sites (N-methyl/N-ethyl adjacent to an activating group) is 1. The summed E-state index contributed by atoms with van der Waals surface area (Å²) in [6.07, 6.45) is 12.0. The second-order valence-electron chi connectivity index (χ2n) is 8.15. The molecule has 2 N–H and O–H groups in total. The minimum Gasteiger partial charge on any atom is -0.375 e. The third-order valence-corrected chi connectivity index (χ3v) is 5.92. The van der Waals surface area contributed by atoms with Crippen molar-refractivity contribution in [1.29, 1.82) is 0 Å². The molecule has 2 saturated carbocycles. The Hall–Kier alpha value is -1.30. The molecule has 0 aromatic heterocycles. The number of hydrogen-bond acceptors (Lipinski definition) is 3. The molecule has 0 bridgehead atoms. The number of nitrogens with zero attached hydrogens (tertiary/aromatic N) is 2. The van der Waals surface area contributed by atoms with Gasteiger partial charge in [-0.25, -0.2) is 4.99 Å². The van der Waals surface area contributed by atoms with E-state index in [1.54, 1.807) is 19.0 Å². The first-order chi connectivity index (χ1) is 12.1. The van der Waals surface area contributed by atoms with Gasteiger partial charge < -0.3 is 20.3 Å². The van der Waals surface area contributed by atoms with Gasteiger partial charge in [-0.1, -0.05) is 25.7 Å². The zero-order chi connectivity index (χ0) is 17.7. The zero-order valence-corrected chi connectivity index (χ0v) is 15.9. The Morgan fingerprint density at radius 3 is 2.44 bits per heavy atom. The number of ether oxygens (including phenoxy) is 1. The Balaban J connectivity index is 1.61. The van der Waals surface area contributed by atoms with Crippen LogP contribution in [0.25, 0.3) is 0 Å². The predicted octanol–water partition coefficient (Wildman–Crippen LogP) is 2.04. The zero-order valence-electron chi connectivity index (χ0n) is 15.9. The number of nitrogens with one attached hydrogen (secondary N) is 2. The summed E-state index contributed by atoms with van der Waals surface area (Å²) >= 11 is 0. The number of carbonyl (C=O) groups is 1. The molecule has 6 nitrogen and oxygen atoms in total. The molecule has 1 spiro atoms. The number of amides is 1. The Morgan fingerprint density at radius 1 is 1.08 bits per heavy atom. The van der Waals surface area contributed by atoms with Gasteiger partial charge in [0.25, 0.3) is 0 Å². The third-order valence-electron chi connectivity index (χ3n) is 5.92. The maximum atomic E-state index is 11.9. The summed E-state index contributed by atoms with van der Waals surface area (Å²) < 4.78 is 6.14. The van der Waals surface area contributed by atoms with E-state index in [2.05, 4.69) is 15.6 Å². The van der Waals surface area contributed by atoms with Crippen LogP contribution in [0.4, 0.5) is 0 Å². The Kier molecular flexibility index (Phi) is 6.20. The fourth-order valence-electron chi connectivity index (χ4n) is 4.40. The van der Waals surface area contributed by atoms with Crippen molar-refractivity contribution in [1.82, 2.24) is 15.5 Å². The second kappa shape index (κ2) is 8.39. The van der Waals surface area contributed by atoms with Crippen molar-refractivity contribution in [2.24, 2.45) is 4.99 Å². The quantitative estimate of drug-likeness (QED) is 0.601. The average Bonchev–Trinajstić information content (AvgIpc) is 3.25. The molecule has 1 heterocycles. The van der Waals surface area contributed by atoms with Gasteiger partial charge in [0.2, 0.25) is 5.91 Å². The SMILES string of the molecule is CN(C)C(=O)CN=C(NC1CCCC1)NC1CCOC2(CCCC2)C1. The lowest BCUT2D eigenvalue weighted by Crippen LogP contribution is -2.52. The normalized spacial score (nSPS) is 26.8. The Bertz CT molecular complexity index is 480. The summed E-state index contributed by atoms with van der Waals surface area (Å²) in [5, 5.41) is 7.18. The molecular weight excluding hydrogens is 316 g/mol. The van der Waals surface area contributed by atoms with Crippen LogP contribution >= 0.6 is 0 Å². The van der Waals surface area contributed by atoms with Crippen LogP contribution in [0.1, 0.15) is 64.2 Å². The van der Waals surface area contributed by atoms with E-state index < -0.39 is 0 Å². The molecule has 6 heteroatoms. The lowest BCUT2D eigenvalue weighted by Gasteiger charge is -2.39. The molecule has 3 fully saturated rings. The van der Waals surface area contributed by atoms with Gasteiger partial charge in [0.15, 0.2) is 5.96 Å². The largest absolute Gasteiger partial charge is 0.375 e. The van der Waals surface area contributed by atoms with Gasteiger partial charge in [-0.05, 0) is 38.5 Å². The lowest BCUT2D eigenvalue weighted by molar-refractivity contribution is -0.127. The summed E-state index contributed by atoms with van der Waals surface area (Å²) in [6.45, 7) is 1.02. The van der Waals surface area contributed by atoms with E-state index in [0.717, 1.165) is 25.4 Å². The summed E-state index contributed by atoms with van der Waals surface area (Å²) in [5.41, 5.74) is 0.0911. The lowest BCUT2D eigenvalue weighted by atomic mass is 9.89. The van der Waals surface area contributed by atoms with Crippen LogP contribution in [0, 0.1) is 0 Å². The van der Waals surface area contributed by atoms with Gasteiger partial charge in [-0.3, -0.25) is 4.79 Å². The molecule has 3 rings (SSSR count). The number of aliphatic imine (C=N–C) groups is 1. The van der Waals surface area contributed by atoms with Gasteiger partial charge in [-0.15, -0.1) is 0 Å². The Labute approximate surface area is 151 Å². The predicted molar refractivity (Wildman–Crippen MR) is 99.7 cm³/mol. The highest BCUT2D eigenvalue weighted by Gasteiger charge is 2.40. The van der Waals surface area contributed by atoms with Crippen LogP contribution in [0.15, 0.2) is 4.99 Å². The van der Waals surface area contributed by atoms with Gasteiger partial charge >= 0.3 is 0 Å². The molecule has 1 aliphatic heterocycles.